The van der Waals surface area contributed by atoms with Crippen molar-refractivity contribution in [1.82, 2.24) is 0 Å². The average molecular weight is 157 g/mol. The monoisotopic (exact) mass is 157 g/mol. The number of ether oxygens (including phenoxy) is 1. The number of hydrogen-bond acceptors (Lipinski definition) is 2. The van der Waals surface area contributed by atoms with Gasteiger partial charge in [-0.05, 0) is 25.7 Å². The SMILES string of the molecule is CCCCO[C@H]1CC[C@@H](N)C1. The molecule has 66 valence electrons. The molecule has 0 aromatic heterocycles. The van der Waals surface area contributed by atoms with Gasteiger partial charge in [0.2, 0.25) is 0 Å². The van der Waals surface area contributed by atoms with Crippen molar-refractivity contribution in [3.8, 4) is 0 Å². The van der Waals surface area contributed by atoms with Gasteiger partial charge in [-0.2, -0.15) is 0 Å². The van der Waals surface area contributed by atoms with E-state index < -0.39 is 0 Å². The summed E-state index contributed by atoms with van der Waals surface area (Å²) in [5.74, 6) is 0. The molecular weight excluding hydrogens is 138 g/mol. The second kappa shape index (κ2) is 4.73. The molecule has 2 N–H and O–H groups in total. The lowest BCUT2D eigenvalue weighted by Gasteiger charge is -2.10. The third-order valence-electron chi connectivity index (χ3n) is 2.28. The summed E-state index contributed by atoms with van der Waals surface area (Å²) in [4.78, 5) is 0. The minimum Gasteiger partial charge on any atom is -0.378 e. The molecule has 0 radical (unpaired) electrons. The van der Waals surface area contributed by atoms with Gasteiger partial charge in [0.25, 0.3) is 0 Å². The van der Waals surface area contributed by atoms with Crippen LogP contribution in [0.5, 0.6) is 0 Å². The molecule has 2 heteroatoms. The van der Waals surface area contributed by atoms with Crippen molar-refractivity contribution >= 4 is 0 Å². The van der Waals surface area contributed by atoms with E-state index in [-0.39, 0.29) is 0 Å². The second-order valence-corrected chi connectivity index (χ2v) is 3.42. The van der Waals surface area contributed by atoms with Crippen molar-refractivity contribution in [3.05, 3.63) is 0 Å². The molecule has 0 aliphatic heterocycles. The summed E-state index contributed by atoms with van der Waals surface area (Å²) in [6.07, 6.45) is 6.27. The van der Waals surface area contributed by atoms with E-state index >= 15 is 0 Å². The van der Waals surface area contributed by atoms with Crippen molar-refractivity contribution in [2.75, 3.05) is 6.61 Å². The lowest BCUT2D eigenvalue weighted by atomic mass is 10.3. The summed E-state index contributed by atoms with van der Waals surface area (Å²) >= 11 is 0. The van der Waals surface area contributed by atoms with Gasteiger partial charge in [-0.25, -0.2) is 0 Å². The Bertz CT molecular complexity index is 106. The summed E-state index contributed by atoms with van der Waals surface area (Å²) in [7, 11) is 0. The Hall–Kier alpha value is -0.0800. The Morgan fingerprint density at radius 3 is 2.82 bits per heavy atom. The summed E-state index contributed by atoms with van der Waals surface area (Å²) in [6, 6.07) is 0.404. The van der Waals surface area contributed by atoms with Crippen LogP contribution in [-0.2, 0) is 4.74 Å². The highest BCUT2D eigenvalue weighted by Crippen LogP contribution is 2.20. The molecule has 11 heavy (non-hydrogen) atoms. The molecule has 1 aliphatic carbocycles. The Balaban J connectivity index is 1.99. The molecule has 1 fully saturated rings. The van der Waals surface area contributed by atoms with E-state index in [9.17, 15) is 0 Å². The topological polar surface area (TPSA) is 35.2 Å². The third kappa shape index (κ3) is 3.21. The fourth-order valence-electron chi connectivity index (χ4n) is 1.52. The predicted molar refractivity (Wildman–Crippen MR) is 46.5 cm³/mol. The largest absolute Gasteiger partial charge is 0.378 e. The van der Waals surface area contributed by atoms with E-state index in [0.717, 1.165) is 19.4 Å². The van der Waals surface area contributed by atoms with E-state index in [1.807, 2.05) is 0 Å². The van der Waals surface area contributed by atoms with Gasteiger partial charge in [0.1, 0.15) is 0 Å². The van der Waals surface area contributed by atoms with Crippen molar-refractivity contribution in [2.45, 2.75) is 51.2 Å². The van der Waals surface area contributed by atoms with Crippen LogP contribution in [0.15, 0.2) is 0 Å². The molecule has 0 heterocycles. The molecule has 0 unspecified atom stereocenters. The van der Waals surface area contributed by atoms with E-state index in [4.69, 9.17) is 10.5 Å². The van der Waals surface area contributed by atoms with Crippen molar-refractivity contribution in [3.63, 3.8) is 0 Å². The highest BCUT2D eigenvalue weighted by atomic mass is 16.5. The van der Waals surface area contributed by atoms with Crippen LogP contribution in [0.3, 0.4) is 0 Å². The Morgan fingerprint density at radius 2 is 2.27 bits per heavy atom. The Morgan fingerprint density at radius 1 is 1.45 bits per heavy atom. The maximum absolute atomic E-state index is 5.75. The quantitative estimate of drug-likeness (QED) is 0.630. The summed E-state index contributed by atoms with van der Waals surface area (Å²) in [5.41, 5.74) is 5.75. The molecular formula is C9H19NO. The van der Waals surface area contributed by atoms with Crippen LogP contribution < -0.4 is 5.73 Å². The lowest BCUT2D eigenvalue weighted by molar-refractivity contribution is 0.0556. The van der Waals surface area contributed by atoms with Gasteiger partial charge in [0.05, 0.1) is 6.10 Å². The third-order valence-corrected chi connectivity index (χ3v) is 2.28. The van der Waals surface area contributed by atoms with Crippen LogP contribution in [0.2, 0.25) is 0 Å². The molecule has 1 aliphatic rings. The lowest BCUT2D eigenvalue weighted by Crippen LogP contribution is -2.17. The molecule has 0 amide bonds. The van der Waals surface area contributed by atoms with Gasteiger partial charge in [-0.3, -0.25) is 0 Å². The van der Waals surface area contributed by atoms with Crippen molar-refractivity contribution in [2.24, 2.45) is 5.73 Å². The fourth-order valence-corrected chi connectivity index (χ4v) is 1.52. The second-order valence-electron chi connectivity index (χ2n) is 3.42. The van der Waals surface area contributed by atoms with Crippen LogP contribution in [-0.4, -0.2) is 18.8 Å². The normalized spacial score (nSPS) is 31.1. The van der Waals surface area contributed by atoms with Crippen LogP contribution in [0, 0.1) is 0 Å². The molecule has 0 aromatic carbocycles. The van der Waals surface area contributed by atoms with Gasteiger partial charge in [-0.15, -0.1) is 0 Å². The average Bonchev–Trinajstić information content (AvgIpc) is 2.37. The maximum Gasteiger partial charge on any atom is 0.0590 e. The van der Waals surface area contributed by atoms with Crippen LogP contribution in [0.1, 0.15) is 39.0 Å². The highest BCUT2D eigenvalue weighted by Gasteiger charge is 2.21. The number of hydrogen-bond donors (Lipinski definition) is 1. The Labute approximate surface area is 69.1 Å². The molecule has 0 bridgehead atoms. The molecule has 0 aromatic rings. The molecule has 0 spiro atoms. The summed E-state index contributed by atoms with van der Waals surface area (Å²) in [6.45, 7) is 3.11. The van der Waals surface area contributed by atoms with E-state index in [2.05, 4.69) is 6.92 Å². The van der Waals surface area contributed by atoms with E-state index in [0.29, 0.717) is 12.1 Å². The predicted octanol–water partition coefficient (Wildman–Crippen LogP) is 1.68. The Kier molecular flexibility index (Phi) is 3.87. The zero-order valence-electron chi connectivity index (χ0n) is 7.38. The summed E-state index contributed by atoms with van der Waals surface area (Å²) < 4.78 is 5.63. The standard InChI is InChI=1S/C9H19NO/c1-2-3-6-11-9-5-4-8(10)7-9/h8-9H,2-7,10H2,1H3/t8-,9+/m1/s1. The molecule has 2 nitrogen and oxygen atoms in total. The number of rotatable bonds is 4. The van der Waals surface area contributed by atoms with E-state index in [1.54, 1.807) is 0 Å². The maximum atomic E-state index is 5.75. The number of unbranched alkanes of at least 4 members (excludes halogenated alkanes) is 1. The highest BCUT2D eigenvalue weighted by molar-refractivity contribution is 4.77. The number of nitrogens with two attached hydrogens (primary N) is 1. The van der Waals surface area contributed by atoms with Gasteiger partial charge < -0.3 is 10.5 Å². The smallest absolute Gasteiger partial charge is 0.0590 e. The first kappa shape index (κ1) is 9.01. The molecule has 2 atom stereocenters. The fraction of sp³-hybridized carbons (Fsp3) is 1.00. The van der Waals surface area contributed by atoms with Gasteiger partial charge in [0.15, 0.2) is 0 Å². The minimum absolute atomic E-state index is 0.404. The van der Waals surface area contributed by atoms with Crippen LogP contribution in [0.25, 0.3) is 0 Å². The summed E-state index contributed by atoms with van der Waals surface area (Å²) in [5, 5.41) is 0. The first-order chi connectivity index (χ1) is 5.33. The van der Waals surface area contributed by atoms with Gasteiger partial charge >= 0.3 is 0 Å². The van der Waals surface area contributed by atoms with Crippen LogP contribution in [0.4, 0.5) is 0 Å². The molecule has 1 rings (SSSR count). The molecule has 1 saturated carbocycles. The zero-order chi connectivity index (χ0) is 8.10. The van der Waals surface area contributed by atoms with Gasteiger partial charge in [-0.1, -0.05) is 13.3 Å². The molecule has 0 saturated heterocycles. The first-order valence-corrected chi connectivity index (χ1v) is 4.70. The van der Waals surface area contributed by atoms with Crippen molar-refractivity contribution < 1.29 is 4.74 Å². The minimum atomic E-state index is 0.404. The van der Waals surface area contributed by atoms with E-state index in [1.165, 1.54) is 19.3 Å². The van der Waals surface area contributed by atoms with Gasteiger partial charge in [0, 0.05) is 12.6 Å². The zero-order valence-corrected chi connectivity index (χ0v) is 7.38. The first-order valence-electron chi connectivity index (χ1n) is 4.70. The van der Waals surface area contributed by atoms with Crippen molar-refractivity contribution in [1.29, 1.82) is 0 Å². The van der Waals surface area contributed by atoms with Crippen LogP contribution >= 0.6 is 0 Å².